The Hall–Kier alpha value is -8.46. The zero-order chi connectivity index (χ0) is 59.6. The molecule has 0 unspecified atom stereocenters. The Balaban J connectivity index is 0.898. The molecule has 0 aromatic heterocycles. The van der Waals surface area contributed by atoms with E-state index in [1.807, 2.05) is 0 Å². The van der Waals surface area contributed by atoms with Crippen molar-refractivity contribution in [1.82, 2.24) is 0 Å². The molecule has 6 aliphatic carbocycles. The van der Waals surface area contributed by atoms with E-state index in [0.717, 1.165) is 0 Å². The Bertz CT molecular complexity index is 4210. The van der Waals surface area contributed by atoms with Crippen molar-refractivity contribution >= 4 is 55.7 Å². The molecule has 2 saturated carbocycles. The van der Waals surface area contributed by atoms with Crippen LogP contribution >= 0.6 is 0 Å². The number of rotatable bonds is 8. The molecular formula is C86H80N2. The maximum absolute atomic E-state index is 2.67. The van der Waals surface area contributed by atoms with Gasteiger partial charge in [-0.25, -0.2) is 0 Å². The van der Waals surface area contributed by atoms with Crippen molar-refractivity contribution in [3.05, 3.63) is 262 Å². The van der Waals surface area contributed by atoms with E-state index >= 15 is 0 Å². The molecule has 0 saturated heterocycles. The average Bonchev–Trinajstić information content (AvgIpc) is 1.30. The predicted octanol–water partition coefficient (Wildman–Crippen LogP) is 24.3. The molecule has 0 aliphatic heterocycles. The summed E-state index contributed by atoms with van der Waals surface area (Å²) in [4.78, 5) is 5.25. The summed E-state index contributed by atoms with van der Waals surface area (Å²) in [5, 5.41) is 5.82. The lowest BCUT2D eigenvalue weighted by atomic mass is 9.74. The second kappa shape index (κ2) is 19.5. The Morgan fingerprint density at radius 3 is 0.761 bits per heavy atom. The normalized spacial score (nSPS) is 17.8. The maximum atomic E-state index is 2.67. The molecule has 17 rings (SSSR count). The highest BCUT2D eigenvalue weighted by molar-refractivity contribution is 6.10. The van der Waals surface area contributed by atoms with Crippen LogP contribution in [0.3, 0.4) is 0 Å². The van der Waals surface area contributed by atoms with E-state index in [1.54, 1.807) is 11.1 Å². The lowest BCUT2D eigenvalue weighted by molar-refractivity contribution is 0.445. The summed E-state index contributed by atoms with van der Waals surface area (Å²) < 4.78 is 0. The summed E-state index contributed by atoms with van der Waals surface area (Å²) in [5.41, 5.74) is 31.9. The van der Waals surface area contributed by atoms with E-state index in [0.29, 0.717) is 11.8 Å². The van der Waals surface area contributed by atoms with E-state index in [2.05, 4.69) is 271 Å². The molecule has 88 heavy (non-hydrogen) atoms. The van der Waals surface area contributed by atoms with Gasteiger partial charge in [-0.2, -0.15) is 0 Å². The fraction of sp³-hybridized carbons (Fsp3) is 0.279. The van der Waals surface area contributed by atoms with Crippen molar-refractivity contribution in [2.45, 2.75) is 153 Å². The first-order valence-corrected chi connectivity index (χ1v) is 33.3. The van der Waals surface area contributed by atoms with Crippen LogP contribution in [0.25, 0.3) is 66.1 Å². The number of hydrogen-bond acceptors (Lipinski definition) is 2. The van der Waals surface area contributed by atoms with Crippen molar-refractivity contribution in [3.8, 4) is 44.5 Å². The van der Waals surface area contributed by atoms with Gasteiger partial charge >= 0.3 is 0 Å². The molecule has 6 aliphatic rings. The van der Waals surface area contributed by atoms with E-state index in [4.69, 9.17) is 0 Å². The first-order chi connectivity index (χ1) is 42.7. The maximum Gasteiger partial charge on any atom is 0.0468 e. The van der Waals surface area contributed by atoms with Crippen LogP contribution in [0.15, 0.2) is 206 Å². The fourth-order valence-electron chi connectivity index (χ4n) is 18.4. The molecule has 2 nitrogen and oxygen atoms in total. The SMILES string of the molecule is CC1(C)c2ccccc2-c2ccc(N(c3ccc4c(c3)C(C)(C)c3ccccc3-4)c3ccc4c(C5CCCCC5)c5cc(N(c6ccc7c(c6)C(C)(C)c6ccccc6-7)c6ccc7c(c6)C(C)(C)c6ccccc6-7)ccc5c(C5CCCCC5)c4c3)cc21. The van der Waals surface area contributed by atoms with Crippen molar-refractivity contribution in [1.29, 1.82) is 0 Å². The molecule has 2 fully saturated rings. The van der Waals surface area contributed by atoms with Gasteiger partial charge in [0.15, 0.2) is 0 Å². The third-order valence-corrected chi connectivity index (χ3v) is 23.0. The number of nitrogens with zero attached hydrogens (tertiary/aromatic N) is 2. The average molecular weight is 1140 g/mol. The molecule has 11 aromatic carbocycles. The zero-order valence-corrected chi connectivity index (χ0v) is 52.8. The smallest absolute Gasteiger partial charge is 0.0468 e. The van der Waals surface area contributed by atoms with Gasteiger partial charge in [0.05, 0.1) is 0 Å². The standard InChI is InChI=1S/C86H80N2/c1-83(2)73-31-19-15-27-61(73)65-41-35-57(49-77(65)83)87(58-36-42-66-62-28-16-20-32-74(62)84(3,4)78(66)50-58)55-39-45-69-71(47-55)81(53-23-11-9-12-24-53)70-46-40-56(48-72(70)82(69)54-25-13-10-14-26-54)88(59-37-43-67-63-29-17-21-33-75(63)85(5,6)79(67)51-59)60-38-44-68-64-30-18-22-34-76(64)86(7,8)80(68)52-60/h15-22,27-54H,9-14,23-26H2,1-8H3. The molecule has 0 amide bonds. The minimum atomic E-state index is -0.138. The first-order valence-electron chi connectivity index (χ1n) is 33.3. The Kier molecular flexibility index (Phi) is 11.9. The Morgan fingerprint density at radius 2 is 0.477 bits per heavy atom. The predicted molar refractivity (Wildman–Crippen MR) is 373 cm³/mol. The molecule has 11 aromatic rings. The van der Waals surface area contributed by atoms with Gasteiger partial charge in [-0.05, 0) is 232 Å². The van der Waals surface area contributed by atoms with Gasteiger partial charge in [0.2, 0.25) is 0 Å². The minimum absolute atomic E-state index is 0.138. The van der Waals surface area contributed by atoms with Crippen molar-refractivity contribution in [2.24, 2.45) is 0 Å². The molecule has 2 heteroatoms. The van der Waals surface area contributed by atoms with Crippen molar-refractivity contribution < 1.29 is 0 Å². The molecule has 0 atom stereocenters. The van der Waals surface area contributed by atoms with Gasteiger partial charge < -0.3 is 9.80 Å². The van der Waals surface area contributed by atoms with Crippen LogP contribution in [0.1, 0.15) is 187 Å². The monoisotopic (exact) mass is 1140 g/mol. The summed E-state index contributed by atoms with van der Waals surface area (Å²) in [6, 6.07) is 81.4. The third-order valence-electron chi connectivity index (χ3n) is 23.0. The van der Waals surface area contributed by atoms with E-state index < -0.39 is 0 Å². The van der Waals surface area contributed by atoms with Crippen LogP contribution in [-0.4, -0.2) is 0 Å². The Morgan fingerprint density at radius 1 is 0.239 bits per heavy atom. The van der Waals surface area contributed by atoms with Gasteiger partial charge in [-0.3, -0.25) is 0 Å². The van der Waals surface area contributed by atoms with Crippen molar-refractivity contribution in [2.75, 3.05) is 9.80 Å². The molecule has 0 heterocycles. The lowest BCUT2D eigenvalue weighted by Crippen LogP contribution is -2.18. The highest BCUT2D eigenvalue weighted by Crippen LogP contribution is 2.58. The summed E-state index contributed by atoms with van der Waals surface area (Å²) in [6.45, 7) is 19.4. The number of benzene rings is 11. The van der Waals surface area contributed by atoms with Crippen LogP contribution < -0.4 is 9.80 Å². The van der Waals surface area contributed by atoms with Crippen LogP contribution in [0.4, 0.5) is 34.1 Å². The summed E-state index contributed by atoms with van der Waals surface area (Å²) >= 11 is 0. The molecule has 0 spiro atoms. The number of fused-ring (bicyclic) bond motifs is 14. The zero-order valence-electron chi connectivity index (χ0n) is 52.8. The molecule has 434 valence electrons. The van der Waals surface area contributed by atoms with Crippen molar-refractivity contribution in [3.63, 3.8) is 0 Å². The summed E-state index contributed by atoms with van der Waals surface area (Å²) in [6.07, 6.45) is 12.6. The molecule has 0 bridgehead atoms. The molecule has 0 radical (unpaired) electrons. The van der Waals surface area contributed by atoms with Gasteiger partial charge in [-0.1, -0.05) is 227 Å². The lowest BCUT2D eigenvalue weighted by Gasteiger charge is -2.33. The van der Waals surface area contributed by atoms with Gasteiger partial charge in [0.25, 0.3) is 0 Å². The van der Waals surface area contributed by atoms with Crippen LogP contribution in [-0.2, 0) is 21.7 Å². The summed E-state index contributed by atoms with van der Waals surface area (Å²) in [5.74, 6) is 0.925. The van der Waals surface area contributed by atoms with Crippen LogP contribution in [0, 0.1) is 0 Å². The minimum Gasteiger partial charge on any atom is -0.310 e. The van der Waals surface area contributed by atoms with Crippen LogP contribution in [0.2, 0.25) is 0 Å². The quantitative estimate of drug-likeness (QED) is 0.140. The number of hydrogen-bond donors (Lipinski definition) is 0. The fourth-order valence-corrected chi connectivity index (χ4v) is 18.4. The van der Waals surface area contributed by atoms with Gasteiger partial charge in [0.1, 0.15) is 0 Å². The highest BCUT2D eigenvalue weighted by atomic mass is 15.1. The first kappa shape index (κ1) is 53.8. The van der Waals surface area contributed by atoms with Crippen LogP contribution in [0.5, 0.6) is 0 Å². The number of anilines is 6. The van der Waals surface area contributed by atoms with Gasteiger partial charge in [0, 0.05) is 55.8 Å². The van der Waals surface area contributed by atoms with E-state index in [9.17, 15) is 0 Å². The second-order valence-corrected chi connectivity index (χ2v) is 29.2. The topological polar surface area (TPSA) is 6.48 Å². The Labute approximate surface area is 521 Å². The highest BCUT2D eigenvalue weighted by Gasteiger charge is 2.41. The molecule has 0 N–H and O–H groups in total. The van der Waals surface area contributed by atoms with E-state index in [-0.39, 0.29) is 21.7 Å². The molecular weight excluding hydrogens is 1060 g/mol. The summed E-state index contributed by atoms with van der Waals surface area (Å²) in [7, 11) is 0. The largest absolute Gasteiger partial charge is 0.310 e. The van der Waals surface area contributed by atoms with Gasteiger partial charge in [-0.15, -0.1) is 0 Å². The van der Waals surface area contributed by atoms with E-state index in [1.165, 1.54) is 209 Å². The second-order valence-electron chi connectivity index (χ2n) is 29.2. The third kappa shape index (κ3) is 7.79.